The zero-order valence-electron chi connectivity index (χ0n) is 12.2. The molecule has 3 nitrogen and oxygen atoms in total. The molecule has 1 aromatic heterocycles. The predicted molar refractivity (Wildman–Crippen MR) is 84.4 cm³/mol. The van der Waals surface area contributed by atoms with Crippen LogP contribution in [0.3, 0.4) is 0 Å². The van der Waals surface area contributed by atoms with E-state index in [2.05, 4.69) is 4.98 Å². The number of hydrogen-bond acceptors (Lipinski definition) is 3. The van der Waals surface area contributed by atoms with Crippen molar-refractivity contribution in [3.05, 3.63) is 46.7 Å². The highest BCUT2D eigenvalue weighted by molar-refractivity contribution is 6.29. The van der Waals surface area contributed by atoms with E-state index in [1.54, 1.807) is 7.11 Å². The number of nitrogens with zero attached hydrogens (tertiary/aromatic N) is 2. The van der Waals surface area contributed by atoms with Crippen molar-refractivity contribution in [2.75, 3.05) is 7.11 Å². The van der Waals surface area contributed by atoms with Gasteiger partial charge in [0.2, 0.25) is 0 Å². The smallest absolute Gasteiger partial charge is 0.161 e. The van der Waals surface area contributed by atoms with Gasteiger partial charge in [0.1, 0.15) is 5.15 Å². The molecule has 0 saturated heterocycles. The third-order valence-electron chi connectivity index (χ3n) is 4.01. The first-order valence-corrected chi connectivity index (χ1v) is 7.77. The van der Waals surface area contributed by atoms with Crippen LogP contribution in [-0.4, -0.2) is 17.1 Å². The van der Waals surface area contributed by atoms with Crippen molar-refractivity contribution in [2.45, 2.75) is 38.2 Å². The van der Waals surface area contributed by atoms with Crippen LogP contribution >= 0.6 is 11.6 Å². The van der Waals surface area contributed by atoms with Gasteiger partial charge >= 0.3 is 0 Å². The Labute approximate surface area is 130 Å². The van der Waals surface area contributed by atoms with Crippen LogP contribution in [0.15, 0.2) is 30.3 Å². The van der Waals surface area contributed by atoms with Gasteiger partial charge in [0.05, 0.1) is 6.61 Å². The van der Waals surface area contributed by atoms with Gasteiger partial charge < -0.3 is 4.74 Å². The number of ether oxygens (including phenoxy) is 1. The molecule has 1 heterocycles. The van der Waals surface area contributed by atoms with Gasteiger partial charge in [0, 0.05) is 24.3 Å². The summed E-state index contributed by atoms with van der Waals surface area (Å²) in [4.78, 5) is 9.11. The predicted octanol–water partition coefficient (Wildman–Crippen LogP) is 4.60. The lowest BCUT2D eigenvalue weighted by atomic mass is 10.0. The second kappa shape index (κ2) is 6.54. The molecule has 0 aliphatic heterocycles. The van der Waals surface area contributed by atoms with Crippen LogP contribution in [-0.2, 0) is 11.3 Å². The van der Waals surface area contributed by atoms with Crippen LogP contribution in [0.25, 0.3) is 11.4 Å². The van der Waals surface area contributed by atoms with Gasteiger partial charge in [0.15, 0.2) is 5.82 Å². The third-order valence-corrected chi connectivity index (χ3v) is 4.20. The SMILES string of the molecule is COCc1ccc(-c2nc(Cl)cc(C3CCCC3)n2)cc1. The Morgan fingerprint density at radius 1 is 1.14 bits per heavy atom. The monoisotopic (exact) mass is 302 g/mol. The van der Waals surface area contributed by atoms with Crippen LogP contribution in [0.2, 0.25) is 5.15 Å². The molecule has 2 aromatic rings. The molecule has 1 aliphatic carbocycles. The van der Waals surface area contributed by atoms with Crippen molar-refractivity contribution >= 4 is 11.6 Å². The van der Waals surface area contributed by atoms with E-state index in [0.717, 1.165) is 16.8 Å². The molecule has 0 radical (unpaired) electrons. The first-order valence-electron chi connectivity index (χ1n) is 7.39. The molecule has 110 valence electrons. The molecular formula is C17H19ClN2O. The van der Waals surface area contributed by atoms with Gasteiger partial charge in [-0.3, -0.25) is 0 Å². The van der Waals surface area contributed by atoms with E-state index in [1.807, 2.05) is 30.3 Å². The lowest BCUT2D eigenvalue weighted by Crippen LogP contribution is -2.00. The molecule has 3 rings (SSSR count). The first-order chi connectivity index (χ1) is 10.3. The summed E-state index contributed by atoms with van der Waals surface area (Å²) in [6.07, 6.45) is 4.99. The highest BCUT2D eigenvalue weighted by Crippen LogP contribution is 2.34. The average Bonchev–Trinajstić information content (AvgIpc) is 3.02. The Kier molecular flexibility index (Phi) is 4.51. The summed E-state index contributed by atoms with van der Waals surface area (Å²) in [6.45, 7) is 0.615. The maximum absolute atomic E-state index is 6.19. The molecule has 0 amide bonds. The van der Waals surface area contributed by atoms with Gasteiger partial charge in [-0.05, 0) is 24.5 Å². The standard InChI is InChI=1S/C17H19ClN2O/c1-21-11-12-6-8-14(9-7-12)17-19-15(10-16(18)20-17)13-4-2-3-5-13/h6-10,13H,2-5,11H2,1H3. The Morgan fingerprint density at radius 2 is 1.86 bits per heavy atom. The van der Waals surface area contributed by atoms with Crippen molar-refractivity contribution < 1.29 is 4.74 Å². The number of halogens is 1. The fourth-order valence-corrected chi connectivity index (χ4v) is 3.10. The van der Waals surface area contributed by atoms with Gasteiger partial charge in [-0.1, -0.05) is 48.7 Å². The number of hydrogen-bond donors (Lipinski definition) is 0. The summed E-state index contributed by atoms with van der Waals surface area (Å²) >= 11 is 6.19. The molecule has 0 bridgehead atoms. The fraction of sp³-hybridized carbons (Fsp3) is 0.412. The second-order valence-corrected chi connectivity index (χ2v) is 5.94. The van der Waals surface area contributed by atoms with E-state index in [1.165, 1.54) is 25.7 Å². The molecule has 1 aliphatic rings. The van der Waals surface area contributed by atoms with E-state index in [9.17, 15) is 0 Å². The van der Waals surface area contributed by atoms with Crippen LogP contribution in [0.4, 0.5) is 0 Å². The van der Waals surface area contributed by atoms with E-state index >= 15 is 0 Å². The molecule has 0 atom stereocenters. The van der Waals surface area contributed by atoms with Crippen LogP contribution in [0.1, 0.15) is 42.9 Å². The van der Waals surface area contributed by atoms with Crippen molar-refractivity contribution in [2.24, 2.45) is 0 Å². The minimum absolute atomic E-state index is 0.530. The highest BCUT2D eigenvalue weighted by atomic mass is 35.5. The van der Waals surface area contributed by atoms with Crippen molar-refractivity contribution in [3.63, 3.8) is 0 Å². The van der Waals surface area contributed by atoms with Crippen molar-refractivity contribution in [1.82, 2.24) is 9.97 Å². The average molecular weight is 303 g/mol. The van der Waals surface area contributed by atoms with E-state index < -0.39 is 0 Å². The van der Waals surface area contributed by atoms with E-state index in [-0.39, 0.29) is 0 Å². The fourth-order valence-electron chi connectivity index (χ4n) is 2.91. The summed E-state index contributed by atoms with van der Waals surface area (Å²) in [5.41, 5.74) is 3.22. The molecule has 1 aromatic carbocycles. The summed E-state index contributed by atoms with van der Waals surface area (Å²) in [5.74, 6) is 1.25. The topological polar surface area (TPSA) is 35.0 Å². The minimum Gasteiger partial charge on any atom is -0.380 e. The molecule has 0 spiro atoms. The second-order valence-electron chi connectivity index (χ2n) is 5.55. The zero-order valence-corrected chi connectivity index (χ0v) is 12.9. The minimum atomic E-state index is 0.530. The summed E-state index contributed by atoms with van der Waals surface area (Å²) < 4.78 is 5.13. The molecule has 1 saturated carbocycles. The quantitative estimate of drug-likeness (QED) is 0.774. The normalized spacial score (nSPS) is 15.5. The third kappa shape index (κ3) is 3.42. The van der Waals surface area contributed by atoms with Gasteiger partial charge in [-0.25, -0.2) is 9.97 Å². The Bertz CT molecular complexity index is 607. The van der Waals surface area contributed by atoms with Crippen LogP contribution < -0.4 is 0 Å². The lowest BCUT2D eigenvalue weighted by molar-refractivity contribution is 0.185. The molecule has 1 fully saturated rings. The zero-order chi connectivity index (χ0) is 14.7. The number of methoxy groups -OCH3 is 1. The highest BCUT2D eigenvalue weighted by Gasteiger charge is 2.20. The molecule has 0 unspecified atom stereocenters. The largest absolute Gasteiger partial charge is 0.380 e. The number of aromatic nitrogens is 2. The van der Waals surface area contributed by atoms with E-state index in [4.69, 9.17) is 21.3 Å². The molecule has 21 heavy (non-hydrogen) atoms. The Morgan fingerprint density at radius 3 is 2.52 bits per heavy atom. The maximum Gasteiger partial charge on any atom is 0.161 e. The Balaban J connectivity index is 1.90. The molecule has 0 N–H and O–H groups in total. The van der Waals surface area contributed by atoms with Crippen LogP contribution in [0, 0.1) is 0 Å². The van der Waals surface area contributed by atoms with Gasteiger partial charge in [0.25, 0.3) is 0 Å². The summed E-state index contributed by atoms with van der Waals surface area (Å²) in [7, 11) is 1.70. The van der Waals surface area contributed by atoms with Gasteiger partial charge in [-0.2, -0.15) is 0 Å². The molecular weight excluding hydrogens is 284 g/mol. The van der Waals surface area contributed by atoms with Crippen LogP contribution in [0.5, 0.6) is 0 Å². The van der Waals surface area contributed by atoms with Crippen molar-refractivity contribution in [3.8, 4) is 11.4 Å². The van der Waals surface area contributed by atoms with Gasteiger partial charge in [-0.15, -0.1) is 0 Å². The summed E-state index contributed by atoms with van der Waals surface area (Å²) in [5, 5.41) is 0.530. The lowest BCUT2D eigenvalue weighted by Gasteiger charge is -2.11. The number of rotatable bonds is 4. The van der Waals surface area contributed by atoms with E-state index in [0.29, 0.717) is 23.5 Å². The van der Waals surface area contributed by atoms with Crippen molar-refractivity contribution in [1.29, 1.82) is 0 Å². The maximum atomic E-state index is 6.19. The number of benzene rings is 1. The first kappa shape index (κ1) is 14.5. The molecule has 4 heteroatoms. The summed E-state index contributed by atoms with van der Waals surface area (Å²) in [6, 6.07) is 10.0. The Hall–Kier alpha value is -1.45.